The van der Waals surface area contributed by atoms with E-state index in [0.29, 0.717) is 31.5 Å². The van der Waals surface area contributed by atoms with Crippen molar-refractivity contribution in [2.24, 2.45) is 5.29 Å². The molecular weight excluding hydrogens is 212 g/mol. The second-order valence-electron chi connectivity index (χ2n) is 3.40. The van der Waals surface area contributed by atoms with E-state index in [1.54, 1.807) is 12.4 Å². The maximum atomic E-state index is 10.1. The molecule has 8 nitrogen and oxygen atoms in total. The van der Waals surface area contributed by atoms with Gasteiger partial charge in [0, 0.05) is 6.07 Å². The summed E-state index contributed by atoms with van der Waals surface area (Å²) in [7, 11) is 0. The number of H-pyrrole nitrogens is 1. The standard InChI is InChI=1S/C8H12N6O2/c15-11-14(16)13-6-4-12(5-7-13)8-9-2-1-3-10-8/h1-3,16H,4-7H2/p+1. The molecule has 1 fully saturated rings. The summed E-state index contributed by atoms with van der Waals surface area (Å²) in [6, 6.07) is 1.81. The molecule has 0 aromatic carbocycles. The summed E-state index contributed by atoms with van der Waals surface area (Å²) in [6.07, 6.45) is 3.52. The van der Waals surface area contributed by atoms with E-state index in [-0.39, 0.29) is 0 Å². The van der Waals surface area contributed by atoms with E-state index in [1.165, 1.54) is 5.01 Å². The van der Waals surface area contributed by atoms with Crippen molar-refractivity contribution in [3.05, 3.63) is 23.4 Å². The topological polar surface area (TPSA) is 86.4 Å². The van der Waals surface area contributed by atoms with Crippen LogP contribution in [-0.2, 0) is 0 Å². The molecule has 0 spiro atoms. The smallest absolute Gasteiger partial charge is 0.259 e. The van der Waals surface area contributed by atoms with Crippen LogP contribution >= 0.6 is 0 Å². The second-order valence-corrected chi connectivity index (χ2v) is 3.40. The van der Waals surface area contributed by atoms with Crippen molar-refractivity contribution >= 4 is 5.95 Å². The van der Waals surface area contributed by atoms with Crippen LogP contribution in [0.4, 0.5) is 5.95 Å². The first-order chi connectivity index (χ1) is 7.81. The summed E-state index contributed by atoms with van der Waals surface area (Å²) in [5.41, 5.74) is 0. The Morgan fingerprint density at radius 1 is 1.44 bits per heavy atom. The zero-order chi connectivity index (χ0) is 11.4. The molecular formula is C8H13N6O2+. The number of aromatic amines is 1. The molecule has 0 radical (unpaired) electrons. The average Bonchev–Trinajstić information content (AvgIpc) is 2.39. The highest BCUT2D eigenvalue weighted by atomic mass is 16.6. The van der Waals surface area contributed by atoms with Gasteiger partial charge in [-0.3, -0.25) is 10.1 Å². The van der Waals surface area contributed by atoms with Crippen LogP contribution in [0.1, 0.15) is 0 Å². The number of nitrogens with one attached hydrogen (secondary N) is 1. The lowest BCUT2D eigenvalue weighted by Gasteiger charge is -2.31. The van der Waals surface area contributed by atoms with Gasteiger partial charge in [0.05, 0.1) is 37.7 Å². The lowest BCUT2D eigenvalue weighted by Crippen LogP contribution is -2.52. The minimum Gasteiger partial charge on any atom is -0.259 e. The van der Waals surface area contributed by atoms with Gasteiger partial charge in [0.25, 0.3) is 0 Å². The SMILES string of the molecule is O=NN(O)N1CCN(c2nccc[nH+]2)CC1. The molecule has 86 valence electrons. The van der Waals surface area contributed by atoms with Crippen LogP contribution in [-0.4, -0.2) is 46.7 Å². The number of piperazine rings is 1. The molecule has 0 unspecified atom stereocenters. The lowest BCUT2D eigenvalue weighted by molar-refractivity contribution is -0.369. The van der Waals surface area contributed by atoms with Crippen LogP contribution in [0, 0.1) is 4.91 Å². The van der Waals surface area contributed by atoms with Crippen molar-refractivity contribution in [1.82, 2.24) is 15.3 Å². The van der Waals surface area contributed by atoms with Crippen molar-refractivity contribution in [2.45, 2.75) is 0 Å². The van der Waals surface area contributed by atoms with E-state index in [9.17, 15) is 4.91 Å². The fourth-order valence-corrected chi connectivity index (χ4v) is 1.63. The Balaban J connectivity index is 1.93. The molecule has 0 atom stereocenters. The number of rotatable bonds is 3. The van der Waals surface area contributed by atoms with Gasteiger partial charge in [-0.25, -0.2) is 4.98 Å². The third-order valence-corrected chi connectivity index (χ3v) is 2.47. The summed E-state index contributed by atoms with van der Waals surface area (Å²) in [6.45, 7) is 2.37. The molecule has 8 heteroatoms. The molecule has 2 rings (SSSR count). The number of hydrazine groups is 1. The number of anilines is 1. The summed E-state index contributed by atoms with van der Waals surface area (Å²) in [5, 5.41) is 13.3. The molecule has 2 heterocycles. The molecule has 1 aliphatic rings. The maximum Gasteiger partial charge on any atom is 0.391 e. The Labute approximate surface area is 92.0 Å². The second kappa shape index (κ2) is 4.81. The van der Waals surface area contributed by atoms with E-state index < -0.39 is 0 Å². The Bertz CT molecular complexity index is 340. The van der Waals surface area contributed by atoms with Crippen LogP contribution in [0.2, 0.25) is 0 Å². The fraction of sp³-hybridized carbons (Fsp3) is 0.500. The largest absolute Gasteiger partial charge is 0.391 e. The van der Waals surface area contributed by atoms with Gasteiger partial charge >= 0.3 is 5.95 Å². The monoisotopic (exact) mass is 225 g/mol. The highest BCUT2D eigenvalue weighted by Gasteiger charge is 2.26. The number of nitrogens with zero attached hydrogens (tertiary/aromatic N) is 5. The average molecular weight is 225 g/mol. The summed E-state index contributed by atoms with van der Waals surface area (Å²) >= 11 is 0. The molecule has 1 aromatic rings. The van der Waals surface area contributed by atoms with Crippen LogP contribution in [0.15, 0.2) is 23.7 Å². The molecule has 0 saturated carbocycles. The van der Waals surface area contributed by atoms with Crippen molar-refractivity contribution in [1.29, 1.82) is 0 Å². The molecule has 0 aliphatic carbocycles. The third kappa shape index (κ3) is 2.23. The zero-order valence-corrected chi connectivity index (χ0v) is 8.65. The van der Waals surface area contributed by atoms with Gasteiger partial charge in [-0.2, -0.15) is 5.01 Å². The van der Waals surface area contributed by atoms with Gasteiger partial charge in [-0.1, -0.05) is 10.3 Å². The minimum atomic E-state index is 0.347. The Hall–Kier alpha value is -1.80. The van der Waals surface area contributed by atoms with Crippen molar-refractivity contribution in [3.63, 3.8) is 0 Å². The van der Waals surface area contributed by atoms with E-state index >= 15 is 0 Å². The Morgan fingerprint density at radius 3 is 2.75 bits per heavy atom. The number of hydrogen-bond donors (Lipinski definition) is 1. The first-order valence-corrected chi connectivity index (χ1v) is 4.96. The van der Waals surface area contributed by atoms with E-state index in [1.807, 2.05) is 11.0 Å². The summed E-state index contributed by atoms with van der Waals surface area (Å²) in [4.78, 5) is 19.4. The highest BCUT2D eigenvalue weighted by molar-refractivity contribution is 5.22. The Morgan fingerprint density at radius 2 is 2.19 bits per heavy atom. The van der Waals surface area contributed by atoms with Crippen LogP contribution in [0.5, 0.6) is 0 Å². The molecule has 2 N–H and O–H groups in total. The molecule has 1 aromatic heterocycles. The summed E-state index contributed by atoms with van der Waals surface area (Å²) < 4.78 is 0. The van der Waals surface area contributed by atoms with E-state index in [4.69, 9.17) is 5.21 Å². The van der Waals surface area contributed by atoms with Gasteiger partial charge in [-0.05, 0) is 0 Å². The van der Waals surface area contributed by atoms with Gasteiger partial charge in [0.15, 0.2) is 0 Å². The van der Waals surface area contributed by atoms with Gasteiger partial charge in [-0.15, -0.1) is 4.91 Å². The first-order valence-electron chi connectivity index (χ1n) is 4.96. The molecule has 16 heavy (non-hydrogen) atoms. The number of aromatic nitrogens is 2. The van der Waals surface area contributed by atoms with Gasteiger partial charge in [0.2, 0.25) is 0 Å². The van der Waals surface area contributed by atoms with E-state index in [0.717, 1.165) is 5.95 Å². The molecule has 1 aliphatic heterocycles. The highest BCUT2D eigenvalue weighted by Crippen LogP contribution is 2.08. The maximum absolute atomic E-state index is 10.1. The number of nitroso groups, excluding NO2 is 1. The van der Waals surface area contributed by atoms with Crippen LogP contribution in [0.25, 0.3) is 0 Å². The normalized spacial score (nSPS) is 17.2. The van der Waals surface area contributed by atoms with Crippen molar-refractivity contribution < 1.29 is 10.2 Å². The van der Waals surface area contributed by atoms with Gasteiger partial charge in [0.1, 0.15) is 6.20 Å². The molecule has 1 saturated heterocycles. The Kier molecular flexibility index (Phi) is 3.22. The quantitative estimate of drug-likeness (QED) is 0.541. The van der Waals surface area contributed by atoms with Crippen molar-refractivity contribution in [2.75, 3.05) is 31.1 Å². The molecule has 0 bridgehead atoms. The lowest BCUT2D eigenvalue weighted by atomic mass is 10.4. The first kappa shape index (κ1) is 10.7. The predicted octanol–water partition coefficient (Wildman–Crippen LogP) is -0.695. The minimum absolute atomic E-state index is 0.347. The van der Waals surface area contributed by atoms with Gasteiger partial charge < -0.3 is 0 Å². The van der Waals surface area contributed by atoms with E-state index in [2.05, 4.69) is 15.3 Å². The third-order valence-electron chi connectivity index (χ3n) is 2.47. The zero-order valence-electron chi connectivity index (χ0n) is 8.65. The van der Waals surface area contributed by atoms with Crippen molar-refractivity contribution in [3.8, 4) is 0 Å². The summed E-state index contributed by atoms with van der Waals surface area (Å²) in [5.74, 6) is 0.783. The molecule has 0 amide bonds. The number of hydrogen-bond acceptors (Lipinski definition) is 6. The van der Waals surface area contributed by atoms with Crippen LogP contribution in [0.3, 0.4) is 0 Å². The van der Waals surface area contributed by atoms with Crippen LogP contribution < -0.4 is 9.88 Å². The predicted molar refractivity (Wildman–Crippen MR) is 54.0 cm³/mol. The fourth-order valence-electron chi connectivity index (χ4n) is 1.63.